The second kappa shape index (κ2) is 6.58. The molecular weight excluding hydrogens is 325 g/mol. The van der Waals surface area contributed by atoms with Gasteiger partial charge in [0.25, 0.3) is 5.69 Å². The van der Waals surface area contributed by atoms with Crippen LogP contribution in [0, 0.1) is 16.0 Å². The molecule has 24 heavy (non-hydrogen) atoms. The molecule has 2 heterocycles. The molecule has 8 heteroatoms. The van der Waals surface area contributed by atoms with Crippen LogP contribution < -0.4 is 4.90 Å². The van der Waals surface area contributed by atoms with E-state index >= 15 is 0 Å². The molecule has 0 amide bonds. The molecule has 0 N–H and O–H groups in total. The molecule has 2 fully saturated rings. The molecule has 132 valence electrons. The lowest BCUT2D eigenvalue weighted by molar-refractivity contribution is -0.388. The number of hydrogen-bond donors (Lipinski definition) is 0. The fraction of sp³-hybridized carbons (Fsp3) is 0.625. The summed E-state index contributed by atoms with van der Waals surface area (Å²) in [5.41, 5.74) is -1.70. The van der Waals surface area contributed by atoms with Crippen LogP contribution in [0.15, 0.2) is 18.2 Å². The lowest BCUT2D eigenvalue weighted by atomic mass is 9.89. The molecule has 1 aromatic rings. The van der Waals surface area contributed by atoms with Crippen molar-refractivity contribution in [3.8, 4) is 0 Å². The van der Waals surface area contributed by atoms with E-state index in [1.54, 1.807) is 0 Å². The highest BCUT2D eigenvalue weighted by molar-refractivity contribution is 5.57. The lowest BCUT2D eigenvalue weighted by Gasteiger charge is -2.36. The van der Waals surface area contributed by atoms with Crippen molar-refractivity contribution >= 4 is 11.4 Å². The van der Waals surface area contributed by atoms with E-state index < -0.39 is 22.4 Å². The molecule has 1 atom stereocenters. The zero-order valence-electron chi connectivity index (χ0n) is 13.1. The molecule has 2 saturated heterocycles. The zero-order valence-corrected chi connectivity index (χ0v) is 13.1. The fourth-order valence-corrected chi connectivity index (χ4v) is 3.61. The van der Waals surface area contributed by atoms with Crippen LogP contribution in [0.5, 0.6) is 0 Å². The maximum atomic E-state index is 13.1. The van der Waals surface area contributed by atoms with Crippen LogP contribution >= 0.6 is 0 Å². The van der Waals surface area contributed by atoms with Crippen molar-refractivity contribution in [3.05, 3.63) is 33.9 Å². The van der Waals surface area contributed by atoms with E-state index in [0.717, 1.165) is 44.4 Å². The first-order chi connectivity index (χ1) is 11.4. The molecule has 0 aromatic heterocycles. The second-order valence-electron chi connectivity index (χ2n) is 6.33. The molecule has 0 bridgehead atoms. The van der Waals surface area contributed by atoms with Crippen molar-refractivity contribution in [2.75, 3.05) is 24.6 Å². The molecule has 5 nitrogen and oxygen atoms in total. The van der Waals surface area contributed by atoms with Gasteiger partial charge in [-0.1, -0.05) is 0 Å². The van der Waals surface area contributed by atoms with Crippen molar-refractivity contribution in [1.82, 2.24) is 0 Å². The summed E-state index contributed by atoms with van der Waals surface area (Å²) < 4.78 is 44.9. The summed E-state index contributed by atoms with van der Waals surface area (Å²) in [6.07, 6.45) is -0.613. The number of rotatable bonds is 3. The number of halogens is 3. The minimum Gasteiger partial charge on any atom is -0.378 e. The molecule has 0 aliphatic carbocycles. The van der Waals surface area contributed by atoms with Gasteiger partial charge < -0.3 is 9.64 Å². The van der Waals surface area contributed by atoms with Gasteiger partial charge in [-0.2, -0.15) is 13.2 Å². The number of anilines is 1. The summed E-state index contributed by atoms with van der Waals surface area (Å²) in [5.74, 6) is 0.448. The van der Waals surface area contributed by atoms with Crippen LogP contribution in [0.1, 0.15) is 31.2 Å². The number of nitrogens with zero attached hydrogens (tertiary/aromatic N) is 2. The Hall–Kier alpha value is -1.83. The predicted molar refractivity (Wildman–Crippen MR) is 82.0 cm³/mol. The van der Waals surface area contributed by atoms with E-state index in [-0.39, 0.29) is 6.10 Å². The van der Waals surface area contributed by atoms with Crippen LogP contribution in [0.3, 0.4) is 0 Å². The Kier molecular flexibility index (Phi) is 4.67. The summed E-state index contributed by atoms with van der Waals surface area (Å²) in [7, 11) is 0. The average Bonchev–Trinajstić information content (AvgIpc) is 3.08. The zero-order chi connectivity index (χ0) is 17.3. The van der Waals surface area contributed by atoms with E-state index in [1.165, 1.54) is 6.07 Å². The summed E-state index contributed by atoms with van der Waals surface area (Å²) in [6.45, 7) is 2.07. The Bertz CT molecular complexity index is 607. The highest BCUT2D eigenvalue weighted by Crippen LogP contribution is 2.39. The highest BCUT2D eigenvalue weighted by atomic mass is 19.4. The third-order valence-electron chi connectivity index (χ3n) is 4.88. The summed E-state index contributed by atoms with van der Waals surface area (Å²) in [4.78, 5) is 11.7. The number of hydrogen-bond acceptors (Lipinski definition) is 4. The van der Waals surface area contributed by atoms with Gasteiger partial charge in [-0.25, -0.2) is 0 Å². The third-order valence-corrected chi connectivity index (χ3v) is 4.88. The largest absolute Gasteiger partial charge is 0.423 e. The Labute approximate surface area is 137 Å². The minimum absolute atomic E-state index is 0.273. The molecule has 0 saturated carbocycles. The maximum Gasteiger partial charge on any atom is 0.423 e. The molecule has 3 rings (SSSR count). The number of ether oxygens (including phenoxy) is 1. The van der Waals surface area contributed by atoms with Crippen LogP contribution in [0.2, 0.25) is 0 Å². The standard InChI is InChI=1S/C16H19F3N2O3/c17-16(18,19)13-10-12(3-4-14(13)21(22)23)20-7-5-11(6-8-20)15-2-1-9-24-15/h3-4,10-11,15H,1-2,5-9H2. The van der Waals surface area contributed by atoms with Crippen LogP contribution in [0.4, 0.5) is 24.5 Å². The minimum atomic E-state index is -4.74. The Balaban J connectivity index is 1.74. The molecule has 0 radical (unpaired) electrons. The van der Waals surface area contributed by atoms with E-state index in [4.69, 9.17) is 4.74 Å². The third kappa shape index (κ3) is 3.48. The first-order valence-electron chi connectivity index (χ1n) is 8.08. The van der Waals surface area contributed by atoms with Crippen molar-refractivity contribution < 1.29 is 22.8 Å². The van der Waals surface area contributed by atoms with Gasteiger partial charge in [-0.15, -0.1) is 0 Å². The average molecular weight is 344 g/mol. The van der Waals surface area contributed by atoms with Gasteiger partial charge >= 0.3 is 6.18 Å². The fourth-order valence-electron chi connectivity index (χ4n) is 3.61. The maximum absolute atomic E-state index is 13.1. The topological polar surface area (TPSA) is 55.6 Å². The number of nitro groups is 1. The smallest absolute Gasteiger partial charge is 0.378 e. The van der Waals surface area contributed by atoms with Crippen molar-refractivity contribution in [2.24, 2.45) is 5.92 Å². The van der Waals surface area contributed by atoms with E-state index in [9.17, 15) is 23.3 Å². The van der Waals surface area contributed by atoms with E-state index in [2.05, 4.69) is 0 Å². The van der Waals surface area contributed by atoms with Gasteiger partial charge in [0.2, 0.25) is 0 Å². The van der Waals surface area contributed by atoms with Crippen LogP contribution in [0.25, 0.3) is 0 Å². The van der Waals surface area contributed by atoms with Crippen LogP contribution in [-0.4, -0.2) is 30.7 Å². The number of alkyl halides is 3. The van der Waals surface area contributed by atoms with Gasteiger partial charge in [0.1, 0.15) is 5.56 Å². The number of nitro benzene ring substituents is 1. The molecule has 2 aliphatic rings. The molecule has 0 spiro atoms. The first-order valence-corrected chi connectivity index (χ1v) is 8.08. The quantitative estimate of drug-likeness (QED) is 0.614. The van der Waals surface area contributed by atoms with E-state index in [1.807, 2.05) is 4.90 Å². The predicted octanol–water partition coefficient (Wildman–Crippen LogP) is 4.01. The van der Waals surface area contributed by atoms with Gasteiger partial charge in [0.15, 0.2) is 0 Å². The SMILES string of the molecule is O=[N+]([O-])c1ccc(N2CCC(C3CCCO3)CC2)cc1C(F)(F)F. The first kappa shape index (κ1) is 17.0. The van der Waals surface area contributed by atoms with Crippen molar-refractivity contribution in [2.45, 2.75) is 38.0 Å². The highest BCUT2D eigenvalue weighted by Gasteiger charge is 2.39. The monoisotopic (exact) mass is 344 g/mol. The Morgan fingerprint density at radius 2 is 1.92 bits per heavy atom. The van der Waals surface area contributed by atoms with E-state index in [0.29, 0.717) is 24.7 Å². The summed E-state index contributed by atoms with van der Waals surface area (Å²) in [5, 5.41) is 10.8. The van der Waals surface area contributed by atoms with Gasteiger partial charge in [-0.05, 0) is 43.7 Å². The van der Waals surface area contributed by atoms with Crippen molar-refractivity contribution in [1.29, 1.82) is 0 Å². The molecular formula is C16H19F3N2O3. The number of piperidine rings is 1. The Morgan fingerprint density at radius 3 is 2.46 bits per heavy atom. The Morgan fingerprint density at radius 1 is 1.21 bits per heavy atom. The number of benzene rings is 1. The van der Waals surface area contributed by atoms with Gasteiger partial charge in [0, 0.05) is 31.5 Å². The molecule has 1 unspecified atom stereocenters. The van der Waals surface area contributed by atoms with Crippen LogP contribution in [-0.2, 0) is 10.9 Å². The summed E-state index contributed by atoms with van der Waals surface area (Å²) >= 11 is 0. The lowest BCUT2D eigenvalue weighted by Crippen LogP contribution is -2.37. The summed E-state index contributed by atoms with van der Waals surface area (Å²) in [6, 6.07) is 3.24. The van der Waals surface area contributed by atoms with Gasteiger partial charge in [-0.3, -0.25) is 10.1 Å². The molecule has 2 aliphatic heterocycles. The second-order valence-corrected chi connectivity index (χ2v) is 6.33. The normalized spacial score (nSPS) is 22.8. The van der Waals surface area contributed by atoms with Crippen molar-refractivity contribution in [3.63, 3.8) is 0 Å². The molecule has 1 aromatic carbocycles. The van der Waals surface area contributed by atoms with Gasteiger partial charge in [0.05, 0.1) is 11.0 Å².